The average Bonchev–Trinajstić information content (AvgIpc) is 3.37. The first-order valence-corrected chi connectivity index (χ1v) is 13.9. The summed E-state index contributed by atoms with van der Waals surface area (Å²) in [5.74, 6) is 1.10. The van der Waals surface area contributed by atoms with Gasteiger partial charge in [0.05, 0.1) is 0 Å². The van der Waals surface area contributed by atoms with Gasteiger partial charge in [-0.3, -0.25) is 4.90 Å². The fourth-order valence-electron chi connectivity index (χ4n) is 5.14. The number of benzene rings is 3. The molecule has 1 fully saturated rings. The number of hydrogen-bond acceptors (Lipinski definition) is 5. The molecule has 0 radical (unpaired) electrons. The molecule has 0 bridgehead atoms. The van der Waals surface area contributed by atoms with E-state index in [1.54, 1.807) is 12.1 Å². The first kappa shape index (κ1) is 24.6. The predicted octanol–water partition coefficient (Wildman–Crippen LogP) is 4.96. The molecule has 1 aliphatic carbocycles. The maximum absolute atomic E-state index is 11.4. The number of nitrogens with two attached hydrogens (primary N) is 1. The summed E-state index contributed by atoms with van der Waals surface area (Å²) >= 11 is 0. The zero-order valence-electron chi connectivity index (χ0n) is 20.6. The number of hydrogen-bond donors (Lipinski definition) is 1. The second-order valence-electron chi connectivity index (χ2n) is 9.54. The maximum atomic E-state index is 11.4. The van der Waals surface area contributed by atoms with Crippen molar-refractivity contribution >= 4 is 21.5 Å². The van der Waals surface area contributed by atoms with Gasteiger partial charge >= 0.3 is 10.3 Å². The number of nitrogens with zero attached hydrogens (tertiary/aromatic N) is 1. The lowest BCUT2D eigenvalue weighted by atomic mass is 9.79. The van der Waals surface area contributed by atoms with Gasteiger partial charge in [-0.1, -0.05) is 48.0 Å². The van der Waals surface area contributed by atoms with Crippen LogP contribution in [0.15, 0.2) is 66.7 Å². The molecule has 0 spiro atoms. The Balaban J connectivity index is 1.47. The van der Waals surface area contributed by atoms with Crippen molar-refractivity contribution in [1.29, 1.82) is 0 Å². The molecule has 2 N–H and O–H groups in total. The fraction of sp³-hybridized carbons (Fsp3) is 0.310. The van der Waals surface area contributed by atoms with Gasteiger partial charge in [-0.15, -0.1) is 0 Å². The first-order valence-electron chi connectivity index (χ1n) is 12.5. The minimum absolute atomic E-state index is 0.233. The smallest absolute Gasteiger partial charge is 0.380 e. The van der Waals surface area contributed by atoms with Crippen LogP contribution in [0.4, 0.5) is 0 Å². The Bertz CT molecular complexity index is 1360. The van der Waals surface area contributed by atoms with Gasteiger partial charge in [-0.25, -0.2) is 0 Å². The molecule has 0 atom stereocenters. The Kier molecular flexibility index (Phi) is 7.14. The van der Waals surface area contributed by atoms with Crippen LogP contribution in [-0.4, -0.2) is 39.6 Å². The molecule has 3 aromatic rings. The van der Waals surface area contributed by atoms with Gasteiger partial charge < -0.3 is 8.92 Å². The van der Waals surface area contributed by atoms with Crippen molar-refractivity contribution in [2.24, 2.45) is 5.14 Å². The number of aryl methyl sites for hydroxylation is 2. The van der Waals surface area contributed by atoms with Crippen molar-refractivity contribution in [2.75, 3.05) is 26.2 Å². The van der Waals surface area contributed by atoms with Crippen molar-refractivity contribution in [3.05, 3.63) is 94.5 Å². The first-order chi connectivity index (χ1) is 17.4. The zero-order chi connectivity index (χ0) is 25.1. The summed E-state index contributed by atoms with van der Waals surface area (Å²) in [6.45, 7) is 6.07. The molecule has 2 aliphatic rings. The zero-order valence-corrected chi connectivity index (χ0v) is 21.4. The summed E-state index contributed by atoms with van der Waals surface area (Å²) < 4.78 is 33.8. The number of rotatable bonds is 8. The molecule has 1 aliphatic heterocycles. The van der Waals surface area contributed by atoms with Gasteiger partial charge in [0.2, 0.25) is 0 Å². The Hall–Kier alpha value is -3.13. The maximum Gasteiger partial charge on any atom is 0.380 e. The van der Waals surface area contributed by atoms with Gasteiger partial charge in [-0.2, -0.15) is 13.6 Å². The molecule has 0 amide bonds. The van der Waals surface area contributed by atoms with E-state index in [4.69, 9.17) is 14.1 Å². The number of allylic oxidation sites excluding steroid dienone is 1. The van der Waals surface area contributed by atoms with E-state index < -0.39 is 10.3 Å². The molecular formula is C29H32N2O4S. The highest BCUT2D eigenvalue weighted by molar-refractivity contribution is 7.84. The van der Waals surface area contributed by atoms with Gasteiger partial charge in [0, 0.05) is 6.54 Å². The average molecular weight is 505 g/mol. The lowest BCUT2D eigenvalue weighted by molar-refractivity contribution is 0.238. The largest absolute Gasteiger partial charge is 0.492 e. The third kappa shape index (κ3) is 5.81. The molecule has 0 aromatic heterocycles. The molecule has 0 unspecified atom stereocenters. The van der Waals surface area contributed by atoms with E-state index >= 15 is 0 Å². The third-order valence-corrected chi connectivity index (χ3v) is 7.35. The summed E-state index contributed by atoms with van der Waals surface area (Å²) in [6.07, 6.45) is 4.17. The van der Waals surface area contributed by atoms with E-state index in [-0.39, 0.29) is 5.75 Å². The van der Waals surface area contributed by atoms with Crippen LogP contribution in [0.5, 0.6) is 11.5 Å². The molecule has 1 saturated heterocycles. The van der Waals surface area contributed by atoms with Crippen LogP contribution in [0.2, 0.25) is 0 Å². The van der Waals surface area contributed by atoms with Crippen LogP contribution in [0.25, 0.3) is 11.1 Å². The van der Waals surface area contributed by atoms with Crippen molar-refractivity contribution in [1.82, 2.24) is 4.90 Å². The Morgan fingerprint density at radius 3 is 2.22 bits per heavy atom. The van der Waals surface area contributed by atoms with Crippen LogP contribution in [-0.2, 0) is 16.7 Å². The summed E-state index contributed by atoms with van der Waals surface area (Å²) in [5, 5.41) is 5.08. The summed E-state index contributed by atoms with van der Waals surface area (Å²) in [5.41, 5.74) is 8.03. The van der Waals surface area contributed by atoms with Gasteiger partial charge in [0.1, 0.15) is 18.1 Å². The van der Waals surface area contributed by atoms with E-state index in [1.165, 1.54) is 42.6 Å². The predicted molar refractivity (Wildman–Crippen MR) is 143 cm³/mol. The quantitative estimate of drug-likeness (QED) is 0.469. The van der Waals surface area contributed by atoms with Crippen LogP contribution in [0.3, 0.4) is 0 Å². The van der Waals surface area contributed by atoms with E-state index in [9.17, 15) is 8.42 Å². The second kappa shape index (κ2) is 10.5. The molecule has 7 heteroatoms. The topological polar surface area (TPSA) is 81.9 Å². The molecule has 0 saturated carbocycles. The van der Waals surface area contributed by atoms with Gasteiger partial charge in [-0.05, 0) is 103 Å². The second-order valence-corrected chi connectivity index (χ2v) is 10.7. The van der Waals surface area contributed by atoms with Crippen molar-refractivity contribution < 1.29 is 17.3 Å². The van der Waals surface area contributed by atoms with E-state index in [1.807, 2.05) is 18.2 Å². The van der Waals surface area contributed by atoms with E-state index in [0.717, 1.165) is 47.4 Å². The highest BCUT2D eigenvalue weighted by Crippen LogP contribution is 2.42. The minimum Gasteiger partial charge on any atom is -0.492 e. The number of likely N-dealkylation sites (tertiary alicyclic amines) is 1. The van der Waals surface area contributed by atoms with Gasteiger partial charge in [0.15, 0.2) is 0 Å². The summed E-state index contributed by atoms with van der Waals surface area (Å²) in [7, 11) is -4.07. The molecule has 6 nitrogen and oxygen atoms in total. The van der Waals surface area contributed by atoms with Crippen LogP contribution in [0, 0.1) is 6.92 Å². The minimum atomic E-state index is -4.07. The van der Waals surface area contributed by atoms with Crippen LogP contribution >= 0.6 is 0 Å². The van der Waals surface area contributed by atoms with Crippen LogP contribution < -0.4 is 14.1 Å². The fourth-order valence-corrected chi connectivity index (χ4v) is 5.52. The van der Waals surface area contributed by atoms with E-state index in [0.29, 0.717) is 6.61 Å². The Morgan fingerprint density at radius 1 is 0.861 bits per heavy atom. The lowest BCUT2D eigenvalue weighted by Crippen LogP contribution is -2.25. The highest BCUT2D eigenvalue weighted by Gasteiger charge is 2.23. The van der Waals surface area contributed by atoms with E-state index in [2.05, 4.69) is 48.2 Å². The molecule has 5 rings (SSSR count). The SMILES string of the molecule is Cc1ccc(C2=C(c3ccc(OCCN4CCCC4)cc3)c3ccc(OS(N)(=O)=O)cc3CC2)cc1. The third-order valence-electron chi connectivity index (χ3n) is 6.92. The molecule has 1 heterocycles. The molecule has 36 heavy (non-hydrogen) atoms. The lowest BCUT2D eigenvalue weighted by Gasteiger charge is -2.25. The highest BCUT2D eigenvalue weighted by atomic mass is 32.2. The molecule has 188 valence electrons. The Morgan fingerprint density at radius 2 is 1.53 bits per heavy atom. The van der Waals surface area contributed by atoms with Crippen LogP contribution in [0.1, 0.15) is 47.1 Å². The number of ether oxygens (including phenoxy) is 1. The standard InChI is InChI=1S/C29H32N2O4S/c1-21-4-6-22(7-5-21)27-14-10-24-20-26(35-36(30,32)33)13-15-28(24)29(27)23-8-11-25(12-9-23)34-19-18-31-16-2-3-17-31/h4-9,11-13,15,20H,2-3,10,14,16-19H2,1H3,(H2,30,32,33). The summed E-state index contributed by atoms with van der Waals surface area (Å²) in [4.78, 5) is 2.44. The molecular weight excluding hydrogens is 472 g/mol. The monoisotopic (exact) mass is 504 g/mol. The van der Waals surface area contributed by atoms with Gasteiger partial charge in [0.25, 0.3) is 0 Å². The summed E-state index contributed by atoms with van der Waals surface area (Å²) in [6, 6.07) is 22.3. The normalized spacial score (nSPS) is 16.2. The molecule has 3 aromatic carbocycles. The van der Waals surface area contributed by atoms with Crippen molar-refractivity contribution in [3.8, 4) is 11.5 Å². The Labute approximate surface area is 213 Å². The van der Waals surface area contributed by atoms with Crippen molar-refractivity contribution in [3.63, 3.8) is 0 Å². The van der Waals surface area contributed by atoms with Crippen molar-refractivity contribution in [2.45, 2.75) is 32.6 Å². The number of fused-ring (bicyclic) bond motifs is 1.